The fourth-order valence-corrected chi connectivity index (χ4v) is 4.64. The van der Waals surface area contributed by atoms with Crippen LogP contribution >= 0.6 is 0 Å². The number of aryl methyl sites for hydroxylation is 1. The molecule has 0 aromatic heterocycles. The number of rotatable bonds is 11. The first kappa shape index (κ1) is 22.1. The second-order valence-electron chi connectivity index (χ2n) is 6.77. The second kappa shape index (κ2) is 11.0. The van der Waals surface area contributed by atoms with Crippen LogP contribution in [-0.2, 0) is 16.4 Å². The summed E-state index contributed by atoms with van der Waals surface area (Å²) in [5, 5.41) is 2.89. The van der Waals surface area contributed by atoms with Gasteiger partial charge in [-0.3, -0.25) is 4.79 Å². The fraction of sp³-hybridized carbons (Fsp3) is 0.409. The topological polar surface area (TPSA) is 66.5 Å². The summed E-state index contributed by atoms with van der Waals surface area (Å²) in [4.78, 5) is 12.5. The number of sulfonamides is 1. The Kier molecular flexibility index (Phi) is 8.67. The van der Waals surface area contributed by atoms with Gasteiger partial charge in [-0.2, -0.15) is 4.31 Å². The lowest BCUT2D eigenvalue weighted by Crippen LogP contribution is -2.32. The number of nitrogens with one attached hydrogen (secondary N) is 1. The molecule has 2 aromatic rings. The molecular weight excluding hydrogens is 372 g/mol. The van der Waals surface area contributed by atoms with Gasteiger partial charge in [0.05, 0.1) is 4.90 Å². The molecule has 0 saturated carbocycles. The number of hydrogen-bond acceptors (Lipinski definition) is 3. The Morgan fingerprint density at radius 1 is 0.929 bits per heavy atom. The molecule has 0 spiro atoms. The minimum Gasteiger partial charge on any atom is -0.352 e. The van der Waals surface area contributed by atoms with Crippen molar-refractivity contribution in [2.45, 2.75) is 44.4 Å². The maximum Gasteiger partial charge on any atom is 0.251 e. The van der Waals surface area contributed by atoms with E-state index in [1.807, 2.05) is 32.0 Å². The first-order valence-electron chi connectivity index (χ1n) is 9.91. The number of benzene rings is 2. The standard InChI is InChI=1S/C22H30N2O3S/c1-3-17-24(18-4-2)28(26,27)21-14-12-20(13-15-21)22(25)23-16-8-11-19-9-6-5-7-10-19/h5-7,9-10,12-15H,3-4,8,11,16-18H2,1-2H3,(H,23,25). The van der Waals surface area contributed by atoms with E-state index in [4.69, 9.17) is 0 Å². The minimum absolute atomic E-state index is 0.184. The van der Waals surface area contributed by atoms with Crippen molar-refractivity contribution in [2.24, 2.45) is 0 Å². The fourth-order valence-electron chi connectivity index (χ4n) is 3.02. The molecule has 28 heavy (non-hydrogen) atoms. The molecule has 0 radical (unpaired) electrons. The average Bonchev–Trinajstić information content (AvgIpc) is 2.71. The van der Waals surface area contributed by atoms with E-state index in [0.29, 0.717) is 25.2 Å². The Hall–Kier alpha value is -2.18. The highest BCUT2D eigenvalue weighted by atomic mass is 32.2. The van der Waals surface area contributed by atoms with Gasteiger partial charge in [-0.1, -0.05) is 44.2 Å². The van der Waals surface area contributed by atoms with Crippen molar-refractivity contribution >= 4 is 15.9 Å². The van der Waals surface area contributed by atoms with Crippen molar-refractivity contribution in [2.75, 3.05) is 19.6 Å². The molecule has 0 bridgehead atoms. The second-order valence-corrected chi connectivity index (χ2v) is 8.71. The Morgan fingerprint density at radius 2 is 1.54 bits per heavy atom. The van der Waals surface area contributed by atoms with Crippen LogP contribution in [0.2, 0.25) is 0 Å². The highest BCUT2D eigenvalue weighted by molar-refractivity contribution is 7.89. The summed E-state index contributed by atoms with van der Waals surface area (Å²) in [7, 11) is -3.52. The predicted octanol–water partition coefficient (Wildman–Crippen LogP) is 3.86. The van der Waals surface area contributed by atoms with Crippen LogP contribution < -0.4 is 5.32 Å². The molecule has 0 aliphatic carbocycles. The molecule has 1 N–H and O–H groups in total. The molecule has 0 unspecified atom stereocenters. The van der Waals surface area contributed by atoms with Crippen LogP contribution in [0.25, 0.3) is 0 Å². The Bertz CT molecular complexity index is 828. The molecule has 2 rings (SSSR count). The van der Waals surface area contributed by atoms with Gasteiger partial charge in [0.15, 0.2) is 0 Å². The van der Waals surface area contributed by atoms with Crippen LogP contribution in [0.3, 0.4) is 0 Å². The summed E-state index contributed by atoms with van der Waals surface area (Å²) in [6, 6.07) is 16.3. The summed E-state index contributed by atoms with van der Waals surface area (Å²) in [6.07, 6.45) is 3.29. The van der Waals surface area contributed by atoms with Crippen molar-refractivity contribution in [3.05, 3.63) is 65.7 Å². The number of carbonyl (C=O) groups is 1. The highest BCUT2D eigenvalue weighted by Gasteiger charge is 2.23. The maximum atomic E-state index is 12.8. The Morgan fingerprint density at radius 3 is 2.11 bits per heavy atom. The normalized spacial score (nSPS) is 11.5. The summed E-state index contributed by atoms with van der Waals surface area (Å²) in [5.74, 6) is -0.184. The summed E-state index contributed by atoms with van der Waals surface area (Å²) in [5.41, 5.74) is 1.71. The Labute approximate surface area is 168 Å². The quantitative estimate of drug-likeness (QED) is 0.581. The van der Waals surface area contributed by atoms with Gasteiger partial charge < -0.3 is 5.32 Å². The van der Waals surface area contributed by atoms with Gasteiger partial charge >= 0.3 is 0 Å². The molecule has 0 aliphatic rings. The van der Waals surface area contributed by atoms with Gasteiger partial charge in [0, 0.05) is 25.2 Å². The van der Waals surface area contributed by atoms with E-state index in [-0.39, 0.29) is 10.8 Å². The van der Waals surface area contributed by atoms with Gasteiger partial charge in [-0.15, -0.1) is 0 Å². The van der Waals surface area contributed by atoms with Crippen molar-refractivity contribution in [3.8, 4) is 0 Å². The summed E-state index contributed by atoms with van der Waals surface area (Å²) in [6.45, 7) is 5.50. The van der Waals surface area contributed by atoms with Crippen LogP contribution in [0, 0.1) is 0 Å². The third-order valence-corrected chi connectivity index (χ3v) is 6.38. The molecule has 0 saturated heterocycles. The van der Waals surface area contributed by atoms with Crippen molar-refractivity contribution in [1.82, 2.24) is 9.62 Å². The number of carbonyl (C=O) groups excluding carboxylic acids is 1. The zero-order valence-corrected chi connectivity index (χ0v) is 17.5. The molecule has 6 heteroatoms. The van der Waals surface area contributed by atoms with Crippen LogP contribution in [0.15, 0.2) is 59.5 Å². The lowest BCUT2D eigenvalue weighted by molar-refractivity contribution is 0.0953. The van der Waals surface area contributed by atoms with E-state index in [1.54, 1.807) is 12.1 Å². The van der Waals surface area contributed by atoms with E-state index in [0.717, 1.165) is 25.7 Å². The molecule has 0 heterocycles. The van der Waals surface area contributed by atoms with Crippen molar-refractivity contribution in [3.63, 3.8) is 0 Å². The van der Waals surface area contributed by atoms with Crippen LogP contribution in [-0.4, -0.2) is 38.3 Å². The van der Waals surface area contributed by atoms with E-state index in [2.05, 4.69) is 17.4 Å². The molecule has 1 amide bonds. The summed E-state index contributed by atoms with van der Waals surface area (Å²) >= 11 is 0. The van der Waals surface area contributed by atoms with Crippen LogP contribution in [0.4, 0.5) is 0 Å². The minimum atomic E-state index is -3.52. The third kappa shape index (κ3) is 6.17. The molecule has 152 valence electrons. The SMILES string of the molecule is CCCN(CCC)S(=O)(=O)c1ccc(C(=O)NCCCc2ccccc2)cc1. The highest BCUT2D eigenvalue weighted by Crippen LogP contribution is 2.17. The van der Waals surface area contributed by atoms with Crippen LogP contribution in [0.1, 0.15) is 49.0 Å². The van der Waals surface area contributed by atoms with Crippen molar-refractivity contribution in [1.29, 1.82) is 0 Å². The van der Waals surface area contributed by atoms with Gasteiger partial charge in [-0.25, -0.2) is 8.42 Å². The molecular formula is C22H30N2O3S. The Balaban J connectivity index is 1.92. The molecule has 2 aromatic carbocycles. The smallest absolute Gasteiger partial charge is 0.251 e. The molecule has 0 atom stereocenters. The third-order valence-electron chi connectivity index (χ3n) is 4.47. The largest absolute Gasteiger partial charge is 0.352 e. The molecule has 0 fully saturated rings. The van der Waals surface area contributed by atoms with Crippen molar-refractivity contribution < 1.29 is 13.2 Å². The first-order valence-corrected chi connectivity index (χ1v) is 11.4. The van der Waals surface area contributed by atoms with Gasteiger partial charge in [0.25, 0.3) is 5.91 Å². The lowest BCUT2D eigenvalue weighted by Gasteiger charge is -2.21. The number of nitrogens with zero attached hydrogens (tertiary/aromatic N) is 1. The van der Waals surface area contributed by atoms with E-state index >= 15 is 0 Å². The first-order chi connectivity index (χ1) is 13.5. The van der Waals surface area contributed by atoms with Crippen LogP contribution in [0.5, 0.6) is 0 Å². The predicted molar refractivity (Wildman–Crippen MR) is 113 cm³/mol. The zero-order chi connectivity index (χ0) is 20.4. The van der Waals surface area contributed by atoms with E-state index in [9.17, 15) is 13.2 Å². The lowest BCUT2D eigenvalue weighted by atomic mass is 10.1. The molecule has 0 aliphatic heterocycles. The van der Waals surface area contributed by atoms with Gasteiger partial charge in [0.2, 0.25) is 10.0 Å². The van der Waals surface area contributed by atoms with Gasteiger partial charge in [-0.05, 0) is 55.5 Å². The maximum absolute atomic E-state index is 12.8. The molecule has 5 nitrogen and oxygen atoms in total. The van der Waals surface area contributed by atoms with E-state index < -0.39 is 10.0 Å². The van der Waals surface area contributed by atoms with Gasteiger partial charge in [0.1, 0.15) is 0 Å². The number of hydrogen-bond donors (Lipinski definition) is 1. The summed E-state index contributed by atoms with van der Waals surface area (Å²) < 4.78 is 27.0. The monoisotopic (exact) mass is 402 g/mol. The van der Waals surface area contributed by atoms with E-state index in [1.165, 1.54) is 22.0 Å². The zero-order valence-electron chi connectivity index (χ0n) is 16.7. The average molecular weight is 403 g/mol. The number of amides is 1.